The van der Waals surface area contributed by atoms with E-state index in [2.05, 4.69) is 5.32 Å². The summed E-state index contributed by atoms with van der Waals surface area (Å²) in [6.45, 7) is 2.58. The third kappa shape index (κ3) is 3.19. The number of carbonyl (C=O) groups excluding carboxylic acids is 1. The van der Waals surface area contributed by atoms with Gasteiger partial charge in [-0.2, -0.15) is 0 Å². The number of hydrogen-bond donors (Lipinski definition) is 2. The maximum atomic E-state index is 11.6. The van der Waals surface area contributed by atoms with Crippen molar-refractivity contribution in [1.29, 1.82) is 0 Å². The van der Waals surface area contributed by atoms with Crippen LogP contribution >= 0.6 is 11.8 Å². The maximum Gasteiger partial charge on any atom is 0.233 e. The van der Waals surface area contributed by atoms with Gasteiger partial charge in [-0.25, -0.2) is 0 Å². The fourth-order valence-corrected chi connectivity index (χ4v) is 2.58. The lowest BCUT2D eigenvalue weighted by Crippen LogP contribution is -2.43. The number of hydrogen-bond acceptors (Lipinski definition) is 3. The molecule has 4 heteroatoms. The van der Waals surface area contributed by atoms with Crippen molar-refractivity contribution >= 4 is 17.7 Å². The smallest absolute Gasteiger partial charge is 0.233 e. The van der Waals surface area contributed by atoms with Crippen LogP contribution in [0.2, 0.25) is 0 Å². The minimum atomic E-state index is 0.161. The molecule has 3 nitrogen and oxygen atoms in total. The summed E-state index contributed by atoms with van der Waals surface area (Å²) in [6.07, 6.45) is 3.11. The van der Waals surface area contributed by atoms with Crippen LogP contribution in [0.4, 0.5) is 0 Å². The molecule has 0 aliphatic carbocycles. The summed E-state index contributed by atoms with van der Waals surface area (Å²) in [6, 6.07) is 0.161. The van der Waals surface area contributed by atoms with Crippen LogP contribution in [0.5, 0.6) is 0 Å². The second kappa shape index (κ2) is 5.50. The summed E-state index contributed by atoms with van der Waals surface area (Å²) in [5.74, 6) is 1.30. The summed E-state index contributed by atoms with van der Waals surface area (Å²) >= 11 is 1.76. The number of nitrogens with two attached hydrogens (primary N) is 1. The molecule has 0 saturated carbocycles. The van der Waals surface area contributed by atoms with Crippen LogP contribution in [-0.4, -0.2) is 29.5 Å². The number of amides is 1. The van der Waals surface area contributed by atoms with Crippen LogP contribution in [-0.2, 0) is 4.79 Å². The molecular formula is C9H18N2OS. The highest BCUT2D eigenvalue weighted by molar-refractivity contribution is 8.00. The molecule has 1 heterocycles. The van der Waals surface area contributed by atoms with E-state index in [1.165, 1.54) is 6.42 Å². The van der Waals surface area contributed by atoms with Gasteiger partial charge in [-0.1, -0.05) is 6.92 Å². The maximum absolute atomic E-state index is 11.6. The van der Waals surface area contributed by atoms with Gasteiger partial charge in [0.1, 0.15) is 0 Å². The first-order chi connectivity index (χ1) is 6.27. The number of carbonyl (C=O) groups is 1. The molecule has 76 valence electrons. The minimum absolute atomic E-state index is 0.161. The third-order valence-corrected chi connectivity index (χ3v) is 3.72. The molecule has 2 unspecified atom stereocenters. The molecule has 0 aromatic carbocycles. The lowest BCUT2D eigenvalue weighted by atomic mass is 10.2. The Morgan fingerprint density at radius 1 is 1.77 bits per heavy atom. The molecule has 0 bridgehead atoms. The Kier molecular flexibility index (Phi) is 4.59. The van der Waals surface area contributed by atoms with Gasteiger partial charge >= 0.3 is 0 Å². The Balaban J connectivity index is 2.30. The van der Waals surface area contributed by atoms with E-state index < -0.39 is 0 Å². The van der Waals surface area contributed by atoms with Gasteiger partial charge in [0.15, 0.2) is 0 Å². The van der Waals surface area contributed by atoms with E-state index in [9.17, 15) is 4.79 Å². The first-order valence-electron chi connectivity index (χ1n) is 4.90. The molecule has 13 heavy (non-hydrogen) atoms. The average Bonchev–Trinajstić information content (AvgIpc) is 2.66. The van der Waals surface area contributed by atoms with E-state index in [1.807, 2.05) is 6.92 Å². The highest BCUT2D eigenvalue weighted by atomic mass is 32.2. The lowest BCUT2D eigenvalue weighted by molar-refractivity contribution is -0.121. The molecule has 1 amide bonds. The highest BCUT2D eigenvalue weighted by Crippen LogP contribution is 2.26. The third-order valence-electron chi connectivity index (χ3n) is 2.35. The van der Waals surface area contributed by atoms with Crippen LogP contribution in [0.25, 0.3) is 0 Å². The van der Waals surface area contributed by atoms with Crippen molar-refractivity contribution in [1.82, 2.24) is 5.32 Å². The molecule has 2 atom stereocenters. The Labute approximate surface area is 83.8 Å². The topological polar surface area (TPSA) is 55.1 Å². The molecule has 1 saturated heterocycles. The minimum Gasteiger partial charge on any atom is -0.351 e. The van der Waals surface area contributed by atoms with Gasteiger partial charge in [0.05, 0.1) is 5.25 Å². The molecule has 1 aliphatic rings. The first kappa shape index (κ1) is 10.9. The largest absolute Gasteiger partial charge is 0.351 e. The van der Waals surface area contributed by atoms with E-state index >= 15 is 0 Å². The number of rotatable bonds is 4. The summed E-state index contributed by atoms with van der Waals surface area (Å²) in [7, 11) is 0. The standard InChI is InChI=1S/C9H18N2OS/c1-2-7(6-10)11-9(12)8-4-3-5-13-8/h7-8H,2-6,10H2,1H3,(H,11,12). The normalized spacial score (nSPS) is 24.3. The van der Waals surface area contributed by atoms with E-state index in [4.69, 9.17) is 5.73 Å². The number of thioether (sulfide) groups is 1. The molecule has 1 rings (SSSR count). The van der Waals surface area contributed by atoms with Gasteiger partial charge in [0.25, 0.3) is 0 Å². The van der Waals surface area contributed by atoms with Gasteiger partial charge in [-0.3, -0.25) is 4.79 Å². The monoisotopic (exact) mass is 202 g/mol. The van der Waals surface area contributed by atoms with Gasteiger partial charge in [0, 0.05) is 12.6 Å². The van der Waals surface area contributed by atoms with Crippen molar-refractivity contribution in [2.24, 2.45) is 5.73 Å². The predicted molar refractivity (Wildman–Crippen MR) is 56.8 cm³/mol. The summed E-state index contributed by atoms with van der Waals surface area (Å²) in [5, 5.41) is 3.15. The Morgan fingerprint density at radius 3 is 3.00 bits per heavy atom. The number of nitrogens with one attached hydrogen (secondary N) is 1. The predicted octanol–water partition coefficient (Wildman–Crippen LogP) is 0.735. The van der Waals surface area contributed by atoms with Gasteiger partial charge in [-0.15, -0.1) is 11.8 Å². The van der Waals surface area contributed by atoms with Crippen LogP contribution in [0.3, 0.4) is 0 Å². The van der Waals surface area contributed by atoms with E-state index in [0.717, 1.165) is 18.6 Å². The van der Waals surface area contributed by atoms with E-state index in [-0.39, 0.29) is 17.2 Å². The first-order valence-corrected chi connectivity index (χ1v) is 5.94. The van der Waals surface area contributed by atoms with Crippen LogP contribution in [0, 0.1) is 0 Å². The molecule has 1 aliphatic heterocycles. The molecule has 0 aromatic heterocycles. The highest BCUT2D eigenvalue weighted by Gasteiger charge is 2.24. The zero-order valence-corrected chi connectivity index (χ0v) is 8.90. The Bertz CT molecular complexity index is 165. The second-order valence-corrected chi connectivity index (χ2v) is 4.66. The summed E-state index contributed by atoms with van der Waals surface area (Å²) in [4.78, 5) is 11.6. The van der Waals surface area contributed by atoms with Crippen molar-refractivity contribution in [3.05, 3.63) is 0 Å². The summed E-state index contributed by atoms with van der Waals surface area (Å²) in [5.41, 5.74) is 5.51. The van der Waals surface area contributed by atoms with E-state index in [0.29, 0.717) is 6.54 Å². The molecule has 0 radical (unpaired) electrons. The van der Waals surface area contributed by atoms with E-state index in [1.54, 1.807) is 11.8 Å². The zero-order chi connectivity index (χ0) is 9.68. The Morgan fingerprint density at radius 2 is 2.54 bits per heavy atom. The SMILES string of the molecule is CCC(CN)NC(=O)C1CCCS1. The van der Waals surface area contributed by atoms with Crippen molar-refractivity contribution in [2.45, 2.75) is 37.5 Å². The van der Waals surface area contributed by atoms with Crippen molar-refractivity contribution in [3.63, 3.8) is 0 Å². The molecule has 3 N–H and O–H groups in total. The Hall–Kier alpha value is -0.220. The van der Waals surface area contributed by atoms with Crippen LogP contribution < -0.4 is 11.1 Å². The molecular weight excluding hydrogens is 184 g/mol. The summed E-state index contributed by atoms with van der Waals surface area (Å²) < 4.78 is 0. The van der Waals surface area contributed by atoms with Gasteiger partial charge in [0.2, 0.25) is 5.91 Å². The van der Waals surface area contributed by atoms with Crippen molar-refractivity contribution in [3.8, 4) is 0 Å². The van der Waals surface area contributed by atoms with Crippen molar-refractivity contribution in [2.75, 3.05) is 12.3 Å². The molecule has 0 spiro atoms. The lowest BCUT2D eigenvalue weighted by Gasteiger charge is -2.17. The fraction of sp³-hybridized carbons (Fsp3) is 0.889. The average molecular weight is 202 g/mol. The van der Waals surface area contributed by atoms with Gasteiger partial charge < -0.3 is 11.1 Å². The van der Waals surface area contributed by atoms with Crippen LogP contribution in [0.15, 0.2) is 0 Å². The zero-order valence-electron chi connectivity index (χ0n) is 8.08. The quantitative estimate of drug-likeness (QED) is 0.707. The fourth-order valence-electron chi connectivity index (χ4n) is 1.41. The van der Waals surface area contributed by atoms with Gasteiger partial charge in [-0.05, 0) is 25.0 Å². The second-order valence-electron chi connectivity index (χ2n) is 3.35. The van der Waals surface area contributed by atoms with Crippen molar-refractivity contribution < 1.29 is 4.79 Å². The molecule has 0 aromatic rings. The van der Waals surface area contributed by atoms with Crippen LogP contribution in [0.1, 0.15) is 26.2 Å². The molecule has 1 fully saturated rings.